The van der Waals surface area contributed by atoms with Crippen LogP contribution in [-0.4, -0.2) is 16.1 Å². The fourth-order valence-electron chi connectivity index (χ4n) is 2.69. The fourth-order valence-corrected chi connectivity index (χ4v) is 3.08. The Morgan fingerprint density at radius 1 is 1.09 bits per heavy atom. The summed E-state index contributed by atoms with van der Waals surface area (Å²) in [6.07, 6.45) is 0. The summed E-state index contributed by atoms with van der Waals surface area (Å²) in [7, 11) is 0. The van der Waals surface area contributed by atoms with E-state index in [0.29, 0.717) is 32.2 Å². The van der Waals surface area contributed by atoms with E-state index in [4.69, 9.17) is 23.2 Å². The van der Waals surface area contributed by atoms with Gasteiger partial charge in [-0.15, -0.1) is 0 Å². The molecule has 1 heterocycles. The number of hydrogen-bond donors (Lipinski definition) is 1. The number of fused-ring (bicyclic) bond motifs is 1. The predicted molar refractivity (Wildman–Crippen MR) is 93.6 cm³/mol. The second kappa shape index (κ2) is 5.84. The van der Waals surface area contributed by atoms with E-state index >= 15 is 0 Å². The van der Waals surface area contributed by atoms with Gasteiger partial charge < -0.3 is 5.11 Å². The van der Waals surface area contributed by atoms with Crippen LogP contribution in [0.4, 0.5) is 0 Å². The smallest absolute Gasteiger partial charge is 0.336 e. The van der Waals surface area contributed by atoms with Gasteiger partial charge in [-0.25, -0.2) is 9.78 Å². The third kappa shape index (κ3) is 2.90. The molecule has 3 nitrogen and oxygen atoms in total. The van der Waals surface area contributed by atoms with Crippen molar-refractivity contribution in [3.8, 4) is 11.3 Å². The van der Waals surface area contributed by atoms with Crippen LogP contribution in [0.3, 0.4) is 0 Å². The van der Waals surface area contributed by atoms with Gasteiger partial charge in [0, 0.05) is 16.0 Å². The first-order valence-corrected chi connectivity index (χ1v) is 7.73. The molecule has 0 atom stereocenters. The van der Waals surface area contributed by atoms with Crippen LogP contribution in [0.5, 0.6) is 0 Å². The zero-order chi connectivity index (χ0) is 16.7. The van der Waals surface area contributed by atoms with Crippen LogP contribution in [0.1, 0.15) is 21.5 Å². The molecule has 2 aromatic carbocycles. The van der Waals surface area contributed by atoms with E-state index in [2.05, 4.69) is 4.98 Å². The molecule has 3 rings (SSSR count). The molecule has 0 saturated heterocycles. The summed E-state index contributed by atoms with van der Waals surface area (Å²) in [5, 5.41) is 11.2. The minimum Gasteiger partial charge on any atom is -0.478 e. The van der Waals surface area contributed by atoms with Gasteiger partial charge in [-0.05, 0) is 49.7 Å². The lowest BCUT2D eigenvalue weighted by atomic mass is 10.00. The van der Waals surface area contributed by atoms with Crippen molar-refractivity contribution in [2.24, 2.45) is 0 Å². The molecule has 0 radical (unpaired) electrons. The Bertz CT molecular complexity index is 951. The summed E-state index contributed by atoms with van der Waals surface area (Å²) in [5.74, 6) is -0.998. The first kappa shape index (κ1) is 15.8. The highest BCUT2D eigenvalue weighted by Gasteiger charge is 2.16. The van der Waals surface area contributed by atoms with E-state index in [1.54, 1.807) is 24.3 Å². The SMILES string of the molecule is Cc1cc(C)c2nc(-c3cc(Cl)ccc3Cl)cc(C(=O)O)c2c1. The van der Waals surface area contributed by atoms with E-state index in [1.165, 1.54) is 0 Å². The van der Waals surface area contributed by atoms with Crippen molar-refractivity contribution in [1.82, 2.24) is 4.98 Å². The number of carbonyl (C=O) groups is 1. The van der Waals surface area contributed by atoms with E-state index in [9.17, 15) is 9.90 Å². The van der Waals surface area contributed by atoms with Gasteiger partial charge in [0.15, 0.2) is 0 Å². The zero-order valence-corrected chi connectivity index (χ0v) is 14.0. The molecule has 0 aliphatic heterocycles. The zero-order valence-electron chi connectivity index (χ0n) is 12.5. The van der Waals surface area contributed by atoms with Crippen molar-refractivity contribution in [2.45, 2.75) is 13.8 Å². The molecule has 0 spiro atoms. The van der Waals surface area contributed by atoms with E-state index in [0.717, 1.165) is 11.1 Å². The summed E-state index contributed by atoms with van der Waals surface area (Å²) in [6.45, 7) is 3.84. The maximum absolute atomic E-state index is 11.7. The van der Waals surface area contributed by atoms with Crippen molar-refractivity contribution in [3.05, 3.63) is 63.1 Å². The minimum absolute atomic E-state index is 0.202. The molecule has 0 bridgehead atoms. The van der Waals surface area contributed by atoms with Gasteiger partial charge in [-0.1, -0.05) is 34.8 Å². The average Bonchev–Trinajstić information content (AvgIpc) is 2.48. The summed E-state index contributed by atoms with van der Waals surface area (Å²) in [4.78, 5) is 16.3. The molecule has 116 valence electrons. The van der Waals surface area contributed by atoms with Crippen molar-refractivity contribution in [1.29, 1.82) is 0 Å². The lowest BCUT2D eigenvalue weighted by Gasteiger charge is -2.11. The van der Waals surface area contributed by atoms with Crippen LogP contribution in [0.15, 0.2) is 36.4 Å². The van der Waals surface area contributed by atoms with Crippen LogP contribution >= 0.6 is 23.2 Å². The molecule has 23 heavy (non-hydrogen) atoms. The Hall–Kier alpha value is -2.10. The molecule has 3 aromatic rings. The number of aromatic nitrogens is 1. The van der Waals surface area contributed by atoms with Gasteiger partial charge in [0.2, 0.25) is 0 Å². The molecule has 0 aliphatic carbocycles. The largest absolute Gasteiger partial charge is 0.478 e. The number of pyridine rings is 1. The molecule has 0 unspecified atom stereocenters. The average molecular weight is 346 g/mol. The molecular formula is C18H13Cl2NO2. The molecular weight excluding hydrogens is 333 g/mol. The maximum Gasteiger partial charge on any atom is 0.336 e. The van der Waals surface area contributed by atoms with Crippen molar-refractivity contribution >= 4 is 40.1 Å². The summed E-state index contributed by atoms with van der Waals surface area (Å²) in [5.41, 5.74) is 3.88. The number of aryl methyl sites for hydroxylation is 2. The molecule has 0 fully saturated rings. The van der Waals surface area contributed by atoms with Gasteiger partial charge in [0.05, 0.1) is 21.8 Å². The highest BCUT2D eigenvalue weighted by atomic mass is 35.5. The Morgan fingerprint density at radius 2 is 1.83 bits per heavy atom. The number of carboxylic acids is 1. The first-order chi connectivity index (χ1) is 10.9. The number of halogens is 2. The van der Waals surface area contributed by atoms with Crippen molar-refractivity contribution in [2.75, 3.05) is 0 Å². The number of rotatable bonds is 2. The molecule has 0 aliphatic rings. The lowest BCUT2D eigenvalue weighted by Crippen LogP contribution is -2.02. The van der Waals surface area contributed by atoms with E-state index < -0.39 is 5.97 Å². The van der Waals surface area contributed by atoms with Gasteiger partial charge in [0.25, 0.3) is 0 Å². The molecule has 5 heteroatoms. The fraction of sp³-hybridized carbons (Fsp3) is 0.111. The number of hydrogen-bond acceptors (Lipinski definition) is 2. The normalized spacial score (nSPS) is 11.0. The second-order valence-corrected chi connectivity index (χ2v) is 6.31. The van der Waals surface area contributed by atoms with Gasteiger partial charge in [0.1, 0.15) is 0 Å². The summed E-state index contributed by atoms with van der Waals surface area (Å²) < 4.78 is 0. The second-order valence-electron chi connectivity index (χ2n) is 5.46. The first-order valence-electron chi connectivity index (χ1n) is 6.97. The van der Waals surface area contributed by atoms with Gasteiger partial charge in [-0.2, -0.15) is 0 Å². The topological polar surface area (TPSA) is 50.2 Å². The third-order valence-electron chi connectivity index (χ3n) is 3.68. The molecule has 0 amide bonds. The number of aromatic carboxylic acids is 1. The van der Waals surface area contributed by atoms with E-state index in [-0.39, 0.29) is 5.56 Å². The number of benzene rings is 2. The Balaban J connectivity index is 2.40. The van der Waals surface area contributed by atoms with Gasteiger partial charge >= 0.3 is 5.97 Å². The van der Waals surface area contributed by atoms with Crippen LogP contribution in [0.2, 0.25) is 10.0 Å². The molecule has 1 aromatic heterocycles. The summed E-state index contributed by atoms with van der Waals surface area (Å²) >= 11 is 12.3. The van der Waals surface area contributed by atoms with Crippen LogP contribution in [-0.2, 0) is 0 Å². The van der Waals surface area contributed by atoms with Gasteiger partial charge in [-0.3, -0.25) is 0 Å². The van der Waals surface area contributed by atoms with Crippen LogP contribution in [0.25, 0.3) is 22.2 Å². The third-order valence-corrected chi connectivity index (χ3v) is 4.25. The quantitative estimate of drug-likeness (QED) is 0.664. The number of carboxylic acid groups (broad SMARTS) is 1. The summed E-state index contributed by atoms with van der Waals surface area (Å²) in [6, 6.07) is 10.4. The van der Waals surface area contributed by atoms with Crippen LogP contribution < -0.4 is 0 Å². The Morgan fingerprint density at radius 3 is 2.52 bits per heavy atom. The van der Waals surface area contributed by atoms with Crippen molar-refractivity contribution < 1.29 is 9.90 Å². The highest BCUT2D eigenvalue weighted by molar-refractivity contribution is 6.35. The lowest BCUT2D eigenvalue weighted by molar-refractivity contribution is 0.0699. The number of nitrogens with zero attached hydrogens (tertiary/aromatic N) is 1. The monoisotopic (exact) mass is 345 g/mol. The Kier molecular flexibility index (Phi) is 4.00. The minimum atomic E-state index is -0.998. The maximum atomic E-state index is 11.7. The standard InChI is InChI=1S/C18H13Cl2NO2/c1-9-5-10(2)17-12(6-9)13(18(22)23)8-16(21-17)14-7-11(19)3-4-15(14)20/h3-8H,1-2H3,(H,22,23). The highest BCUT2D eigenvalue weighted by Crippen LogP contribution is 2.33. The van der Waals surface area contributed by atoms with Crippen LogP contribution in [0, 0.1) is 13.8 Å². The molecule has 1 N–H and O–H groups in total. The van der Waals surface area contributed by atoms with E-state index in [1.807, 2.05) is 26.0 Å². The predicted octanol–water partition coefficient (Wildman–Crippen LogP) is 5.52. The molecule has 0 saturated carbocycles. The Labute approximate surface area is 143 Å². The van der Waals surface area contributed by atoms with Crippen molar-refractivity contribution in [3.63, 3.8) is 0 Å².